The van der Waals surface area contributed by atoms with E-state index in [0.717, 1.165) is 0 Å². The van der Waals surface area contributed by atoms with Gasteiger partial charge in [0.15, 0.2) is 9.84 Å². The lowest BCUT2D eigenvalue weighted by molar-refractivity contribution is 0.281. The summed E-state index contributed by atoms with van der Waals surface area (Å²) in [4.78, 5) is 0.282. The van der Waals surface area contributed by atoms with Gasteiger partial charge in [0.25, 0.3) is 0 Å². The summed E-state index contributed by atoms with van der Waals surface area (Å²) < 4.78 is 23.6. The fourth-order valence-electron chi connectivity index (χ4n) is 1.02. The molecule has 0 fully saturated rings. The molecule has 0 aliphatic heterocycles. The lowest BCUT2D eigenvalue weighted by atomic mass is 10.2. The van der Waals surface area contributed by atoms with E-state index in [-0.39, 0.29) is 17.3 Å². The molecule has 0 atom stereocenters. The second-order valence-corrected chi connectivity index (χ2v) is 5.95. The summed E-state index contributed by atoms with van der Waals surface area (Å²) in [5, 5.41) is 8.89. The Bertz CT molecular complexity index is 426. The summed E-state index contributed by atoms with van der Waals surface area (Å²) in [6, 6.07) is 4.63. The molecule has 0 saturated heterocycles. The molecule has 1 aromatic carbocycles. The van der Waals surface area contributed by atoms with E-state index >= 15 is 0 Å². The Morgan fingerprint density at radius 2 is 2.07 bits per heavy atom. The minimum Gasteiger partial charge on any atom is -0.392 e. The molecule has 0 aromatic heterocycles. The van der Waals surface area contributed by atoms with Gasteiger partial charge in [-0.05, 0) is 17.7 Å². The van der Waals surface area contributed by atoms with Crippen LogP contribution in [0.4, 0.5) is 0 Å². The first kappa shape index (κ1) is 11.7. The maximum Gasteiger partial charge on any atom is 0.178 e. The van der Waals surface area contributed by atoms with E-state index in [0.29, 0.717) is 10.0 Å². The Morgan fingerprint density at radius 1 is 1.43 bits per heavy atom. The summed E-state index contributed by atoms with van der Waals surface area (Å²) in [6.45, 7) is 1.50. The maximum atomic E-state index is 11.5. The molecule has 0 aliphatic rings. The second-order valence-electron chi connectivity index (χ2n) is 2.81. The van der Waals surface area contributed by atoms with Crippen molar-refractivity contribution in [1.29, 1.82) is 0 Å². The van der Waals surface area contributed by atoms with Crippen LogP contribution in [0.2, 0.25) is 0 Å². The number of benzene rings is 1. The van der Waals surface area contributed by atoms with Crippen molar-refractivity contribution in [2.75, 3.05) is 5.75 Å². The van der Waals surface area contributed by atoms with Crippen LogP contribution in [0, 0.1) is 0 Å². The van der Waals surface area contributed by atoms with E-state index in [1.807, 2.05) is 0 Å². The van der Waals surface area contributed by atoms with Crippen LogP contribution in [0.3, 0.4) is 0 Å². The molecule has 0 heterocycles. The van der Waals surface area contributed by atoms with E-state index in [1.54, 1.807) is 13.0 Å². The van der Waals surface area contributed by atoms with E-state index in [9.17, 15) is 8.42 Å². The maximum absolute atomic E-state index is 11.5. The standard InChI is InChI=1S/C9H11BrO3S/c1-2-14(12,13)8-4-3-7(6-11)9(10)5-8/h3-5,11H,2,6H2,1H3. The van der Waals surface area contributed by atoms with Crippen LogP contribution in [0.25, 0.3) is 0 Å². The fraction of sp³-hybridized carbons (Fsp3) is 0.333. The Balaban J connectivity index is 3.22. The molecule has 0 unspecified atom stereocenters. The first-order chi connectivity index (χ1) is 6.51. The van der Waals surface area contributed by atoms with Gasteiger partial charge in [-0.25, -0.2) is 8.42 Å². The van der Waals surface area contributed by atoms with Gasteiger partial charge in [0.2, 0.25) is 0 Å². The highest BCUT2D eigenvalue weighted by atomic mass is 79.9. The molecule has 1 rings (SSSR count). The van der Waals surface area contributed by atoms with Crippen molar-refractivity contribution >= 4 is 25.8 Å². The van der Waals surface area contributed by atoms with Crippen molar-refractivity contribution in [2.24, 2.45) is 0 Å². The predicted octanol–water partition coefficient (Wildman–Crippen LogP) is 1.74. The minimum absolute atomic E-state index is 0.0813. The Hall–Kier alpha value is -0.390. The largest absolute Gasteiger partial charge is 0.392 e. The average Bonchev–Trinajstić information content (AvgIpc) is 2.17. The SMILES string of the molecule is CCS(=O)(=O)c1ccc(CO)c(Br)c1. The highest BCUT2D eigenvalue weighted by molar-refractivity contribution is 9.10. The molecule has 14 heavy (non-hydrogen) atoms. The number of hydrogen-bond donors (Lipinski definition) is 1. The van der Waals surface area contributed by atoms with Crippen molar-refractivity contribution in [3.63, 3.8) is 0 Å². The molecule has 1 N–H and O–H groups in total. The van der Waals surface area contributed by atoms with Gasteiger partial charge in [-0.1, -0.05) is 28.9 Å². The van der Waals surface area contributed by atoms with Crippen LogP contribution >= 0.6 is 15.9 Å². The van der Waals surface area contributed by atoms with Gasteiger partial charge in [0, 0.05) is 4.47 Å². The molecule has 78 valence electrons. The number of hydrogen-bond acceptors (Lipinski definition) is 3. The molecular weight excluding hydrogens is 268 g/mol. The fourth-order valence-corrected chi connectivity index (χ4v) is 2.58. The van der Waals surface area contributed by atoms with Gasteiger partial charge in [-0.15, -0.1) is 0 Å². The third-order valence-corrected chi connectivity index (χ3v) is 4.40. The monoisotopic (exact) mass is 278 g/mol. The zero-order valence-electron chi connectivity index (χ0n) is 7.70. The lowest BCUT2D eigenvalue weighted by Crippen LogP contribution is -2.04. The highest BCUT2D eigenvalue weighted by Crippen LogP contribution is 2.22. The summed E-state index contributed by atoms with van der Waals surface area (Å²) in [5.74, 6) is 0.0813. The van der Waals surface area contributed by atoms with Crippen molar-refractivity contribution < 1.29 is 13.5 Å². The quantitative estimate of drug-likeness (QED) is 0.916. The van der Waals surface area contributed by atoms with Gasteiger partial charge in [0.1, 0.15) is 0 Å². The summed E-state index contributed by atoms with van der Waals surface area (Å²) in [6.07, 6.45) is 0. The predicted molar refractivity (Wildman–Crippen MR) is 57.8 cm³/mol. The Kier molecular flexibility index (Phi) is 3.69. The van der Waals surface area contributed by atoms with Crippen molar-refractivity contribution in [3.05, 3.63) is 28.2 Å². The Labute approximate surface area is 91.8 Å². The summed E-state index contributed by atoms with van der Waals surface area (Å²) in [5.41, 5.74) is 0.681. The molecule has 0 saturated carbocycles. The van der Waals surface area contributed by atoms with Gasteiger partial charge >= 0.3 is 0 Å². The smallest absolute Gasteiger partial charge is 0.178 e. The normalized spacial score (nSPS) is 11.6. The molecule has 0 spiro atoms. The van der Waals surface area contributed by atoms with Gasteiger partial charge in [-0.2, -0.15) is 0 Å². The number of halogens is 1. The summed E-state index contributed by atoms with van der Waals surface area (Å²) >= 11 is 3.20. The van der Waals surface area contributed by atoms with Crippen LogP contribution in [0.15, 0.2) is 27.6 Å². The number of aliphatic hydroxyl groups excluding tert-OH is 1. The van der Waals surface area contributed by atoms with Crippen LogP contribution in [0.5, 0.6) is 0 Å². The van der Waals surface area contributed by atoms with Gasteiger partial charge < -0.3 is 5.11 Å². The van der Waals surface area contributed by atoms with Crippen LogP contribution in [0.1, 0.15) is 12.5 Å². The first-order valence-corrected chi connectivity index (χ1v) is 6.58. The van der Waals surface area contributed by atoms with Crippen LogP contribution in [-0.2, 0) is 16.4 Å². The van der Waals surface area contributed by atoms with Crippen molar-refractivity contribution in [2.45, 2.75) is 18.4 Å². The lowest BCUT2D eigenvalue weighted by Gasteiger charge is -2.04. The van der Waals surface area contributed by atoms with Crippen molar-refractivity contribution in [3.8, 4) is 0 Å². The number of aliphatic hydroxyl groups is 1. The van der Waals surface area contributed by atoms with Gasteiger partial charge in [0.05, 0.1) is 17.3 Å². The Morgan fingerprint density at radius 3 is 2.50 bits per heavy atom. The molecule has 1 aromatic rings. The van der Waals surface area contributed by atoms with E-state index in [2.05, 4.69) is 15.9 Å². The van der Waals surface area contributed by atoms with E-state index in [1.165, 1.54) is 12.1 Å². The average molecular weight is 279 g/mol. The third-order valence-electron chi connectivity index (χ3n) is 1.93. The first-order valence-electron chi connectivity index (χ1n) is 4.13. The van der Waals surface area contributed by atoms with E-state index in [4.69, 9.17) is 5.11 Å². The molecule has 5 heteroatoms. The van der Waals surface area contributed by atoms with Crippen molar-refractivity contribution in [1.82, 2.24) is 0 Å². The van der Waals surface area contributed by atoms with Crippen LogP contribution in [-0.4, -0.2) is 19.3 Å². The minimum atomic E-state index is -3.16. The van der Waals surface area contributed by atoms with E-state index < -0.39 is 9.84 Å². The summed E-state index contributed by atoms with van der Waals surface area (Å²) in [7, 11) is -3.16. The number of rotatable bonds is 3. The zero-order valence-corrected chi connectivity index (χ0v) is 10.1. The molecule has 3 nitrogen and oxygen atoms in total. The molecular formula is C9H11BrO3S. The van der Waals surface area contributed by atoms with Crippen LogP contribution < -0.4 is 0 Å². The molecule has 0 radical (unpaired) electrons. The third kappa shape index (κ3) is 2.34. The topological polar surface area (TPSA) is 54.4 Å². The second kappa shape index (κ2) is 4.42. The zero-order chi connectivity index (χ0) is 10.8. The molecule has 0 amide bonds. The van der Waals surface area contributed by atoms with Gasteiger partial charge in [-0.3, -0.25) is 0 Å². The molecule has 0 bridgehead atoms. The molecule has 0 aliphatic carbocycles. The number of sulfone groups is 1. The highest BCUT2D eigenvalue weighted by Gasteiger charge is 2.12.